The highest BCUT2D eigenvalue weighted by Crippen LogP contribution is 2.30. The van der Waals surface area contributed by atoms with Crippen molar-refractivity contribution in [3.8, 4) is 11.5 Å². The molecule has 1 fully saturated rings. The summed E-state index contributed by atoms with van der Waals surface area (Å²) < 4.78 is 10.6. The molecule has 24 heavy (non-hydrogen) atoms. The molecule has 1 saturated heterocycles. The number of fused-ring (bicyclic) bond motifs is 1. The Kier molecular flexibility index (Phi) is 4.73. The maximum absolute atomic E-state index is 12.4. The van der Waals surface area contributed by atoms with Gasteiger partial charge >= 0.3 is 0 Å². The number of likely N-dealkylation sites (N-methyl/N-ethyl adjacent to an activating group) is 1. The van der Waals surface area contributed by atoms with E-state index in [0.717, 1.165) is 19.6 Å². The fraction of sp³-hybridized carbons (Fsp3) is 0.529. The topological polar surface area (TPSA) is 70.7 Å². The van der Waals surface area contributed by atoms with Gasteiger partial charge in [-0.15, -0.1) is 0 Å². The second-order valence-corrected chi connectivity index (χ2v) is 6.32. The highest BCUT2D eigenvalue weighted by Gasteiger charge is 2.22. The minimum Gasteiger partial charge on any atom is -0.493 e. The molecule has 0 bridgehead atoms. The van der Waals surface area contributed by atoms with E-state index in [-0.39, 0.29) is 5.56 Å². The lowest BCUT2D eigenvalue weighted by Crippen LogP contribution is -2.50. The fourth-order valence-corrected chi connectivity index (χ4v) is 3.19. The molecule has 0 amide bonds. The number of benzene rings is 1. The molecule has 1 aromatic heterocycles. The third kappa shape index (κ3) is 3.22. The van der Waals surface area contributed by atoms with Gasteiger partial charge in [0.05, 0.1) is 31.7 Å². The van der Waals surface area contributed by atoms with Crippen molar-refractivity contribution in [1.29, 1.82) is 0 Å². The van der Waals surface area contributed by atoms with Gasteiger partial charge in [0.2, 0.25) is 0 Å². The molecule has 2 aromatic rings. The molecular formula is C17H24N4O3. The van der Waals surface area contributed by atoms with Gasteiger partial charge in [-0.2, -0.15) is 0 Å². The normalized spacial score (nSPS) is 19.6. The molecule has 0 radical (unpaired) electrons. The van der Waals surface area contributed by atoms with Crippen molar-refractivity contribution in [3.63, 3.8) is 0 Å². The summed E-state index contributed by atoms with van der Waals surface area (Å²) in [6.45, 7) is 5.83. The van der Waals surface area contributed by atoms with E-state index in [1.807, 2.05) is 0 Å². The molecule has 0 spiro atoms. The van der Waals surface area contributed by atoms with Crippen molar-refractivity contribution in [2.45, 2.75) is 19.5 Å². The number of piperazine rings is 1. The fourth-order valence-electron chi connectivity index (χ4n) is 3.19. The molecule has 1 aliphatic rings. The summed E-state index contributed by atoms with van der Waals surface area (Å²) in [5, 5.41) is 0.503. The van der Waals surface area contributed by atoms with Crippen molar-refractivity contribution >= 4 is 10.9 Å². The molecule has 130 valence electrons. The Labute approximate surface area is 141 Å². The van der Waals surface area contributed by atoms with Gasteiger partial charge in [-0.05, 0) is 20.0 Å². The number of nitrogens with one attached hydrogen (secondary N) is 1. The Hall–Kier alpha value is -2.12. The van der Waals surface area contributed by atoms with Crippen LogP contribution in [0.15, 0.2) is 16.9 Å². The van der Waals surface area contributed by atoms with Crippen LogP contribution in [0, 0.1) is 0 Å². The van der Waals surface area contributed by atoms with E-state index in [1.54, 1.807) is 26.4 Å². The first-order chi connectivity index (χ1) is 11.5. The first-order valence-corrected chi connectivity index (χ1v) is 8.09. The zero-order valence-electron chi connectivity index (χ0n) is 14.6. The summed E-state index contributed by atoms with van der Waals surface area (Å²) in [6.07, 6.45) is 0. The van der Waals surface area contributed by atoms with Crippen LogP contribution in [0.25, 0.3) is 10.9 Å². The molecule has 1 aromatic carbocycles. The minimum absolute atomic E-state index is 0.155. The van der Waals surface area contributed by atoms with E-state index >= 15 is 0 Å². The number of ether oxygens (including phenoxy) is 2. The first-order valence-electron chi connectivity index (χ1n) is 8.09. The molecule has 1 aliphatic heterocycles. The third-order valence-electron chi connectivity index (χ3n) is 4.58. The Balaban J connectivity index is 1.94. The summed E-state index contributed by atoms with van der Waals surface area (Å²) in [4.78, 5) is 24.6. The average Bonchev–Trinajstić information content (AvgIpc) is 2.56. The highest BCUT2D eigenvalue weighted by molar-refractivity contribution is 5.81. The summed E-state index contributed by atoms with van der Waals surface area (Å²) in [7, 11) is 5.25. The highest BCUT2D eigenvalue weighted by atomic mass is 16.5. The molecule has 0 unspecified atom stereocenters. The van der Waals surface area contributed by atoms with E-state index in [0.29, 0.717) is 40.8 Å². The van der Waals surface area contributed by atoms with Crippen molar-refractivity contribution in [2.75, 3.05) is 40.9 Å². The molecule has 2 heterocycles. The van der Waals surface area contributed by atoms with Gasteiger partial charge in [0.25, 0.3) is 5.56 Å². The lowest BCUT2D eigenvalue weighted by atomic mass is 10.2. The predicted octanol–water partition coefficient (Wildman–Crippen LogP) is 1.08. The van der Waals surface area contributed by atoms with Crippen molar-refractivity contribution in [1.82, 2.24) is 19.8 Å². The average molecular weight is 332 g/mol. The quantitative estimate of drug-likeness (QED) is 0.903. The van der Waals surface area contributed by atoms with Crippen LogP contribution >= 0.6 is 0 Å². The lowest BCUT2D eigenvalue weighted by molar-refractivity contribution is 0.0915. The van der Waals surface area contributed by atoms with Crippen LogP contribution in [-0.4, -0.2) is 66.7 Å². The van der Waals surface area contributed by atoms with E-state index in [2.05, 4.69) is 33.7 Å². The second kappa shape index (κ2) is 6.78. The number of aromatic amines is 1. The van der Waals surface area contributed by atoms with Crippen molar-refractivity contribution in [2.24, 2.45) is 0 Å². The minimum atomic E-state index is -0.155. The number of nitrogens with zero attached hydrogens (tertiary/aromatic N) is 3. The summed E-state index contributed by atoms with van der Waals surface area (Å²) >= 11 is 0. The SMILES string of the molecule is COc1cc2nc(CN3CCN(C)C[C@@H]3C)[nH]c(=O)c2cc1OC. The second-order valence-electron chi connectivity index (χ2n) is 6.32. The van der Waals surface area contributed by atoms with E-state index < -0.39 is 0 Å². The molecule has 3 rings (SSSR count). The maximum Gasteiger partial charge on any atom is 0.258 e. The van der Waals surface area contributed by atoms with Crippen LogP contribution in [0.4, 0.5) is 0 Å². The van der Waals surface area contributed by atoms with E-state index in [1.165, 1.54) is 0 Å². The molecule has 0 saturated carbocycles. The number of aromatic nitrogens is 2. The summed E-state index contributed by atoms with van der Waals surface area (Å²) in [5.74, 6) is 1.77. The van der Waals surface area contributed by atoms with Crippen LogP contribution in [0.1, 0.15) is 12.7 Å². The van der Waals surface area contributed by atoms with Crippen molar-refractivity contribution in [3.05, 3.63) is 28.3 Å². The maximum atomic E-state index is 12.4. The number of rotatable bonds is 4. The Bertz CT molecular complexity index is 789. The van der Waals surface area contributed by atoms with Crippen LogP contribution in [0.5, 0.6) is 11.5 Å². The molecule has 0 aliphatic carbocycles. The smallest absolute Gasteiger partial charge is 0.258 e. The van der Waals surface area contributed by atoms with Gasteiger partial charge in [0.15, 0.2) is 11.5 Å². The number of H-pyrrole nitrogens is 1. The van der Waals surface area contributed by atoms with Gasteiger partial charge in [0, 0.05) is 31.7 Å². The van der Waals surface area contributed by atoms with E-state index in [4.69, 9.17) is 9.47 Å². The lowest BCUT2D eigenvalue weighted by Gasteiger charge is -2.37. The van der Waals surface area contributed by atoms with Crippen molar-refractivity contribution < 1.29 is 9.47 Å². The molecule has 1 N–H and O–H groups in total. The Morgan fingerprint density at radius 3 is 2.62 bits per heavy atom. The van der Waals surface area contributed by atoms with Crippen LogP contribution in [0.3, 0.4) is 0 Å². The number of hydrogen-bond acceptors (Lipinski definition) is 6. The van der Waals surface area contributed by atoms with Gasteiger partial charge in [-0.3, -0.25) is 9.69 Å². The van der Waals surface area contributed by atoms with Gasteiger partial charge in [-0.1, -0.05) is 0 Å². The third-order valence-corrected chi connectivity index (χ3v) is 4.58. The zero-order valence-corrected chi connectivity index (χ0v) is 14.6. The monoisotopic (exact) mass is 332 g/mol. The molecular weight excluding hydrogens is 308 g/mol. The number of methoxy groups -OCH3 is 2. The van der Waals surface area contributed by atoms with Gasteiger partial charge in [-0.25, -0.2) is 4.98 Å². The zero-order chi connectivity index (χ0) is 17.3. The van der Waals surface area contributed by atoms with Gasteiger partial charge in [0.1, 0.15) is 5.82 Å². The summed E-state index contributed by atoms with van der Waals surface area (Å²) in [6, 6.07) is 3.85. The van der Waals surface area contributed by atoms with E-state index in [9.17, 15) is 4.79 Å². The van der Waals surface area contributed by atoms with Crippen LogP contribution in [0.2, 0.25) is 0 Å². The summed E-state index contributed by atoms with van der Waals surface area (Å²) in [5.41, 5.74) is 0.464. The Morgan fingerprint density at radius 1 is 1.25 bits per heavy atom. The first kappa shape index (κ1) is 16.7. The number of hydrogen-bond donors (Lipinski definition) is 1. The van der Waals surface area contributed by atoms with Crippen LogP contribution in [-0.2, 0) is 6.54 Å². The Morgan fingerprint density at radius 2 is 1.96 bits per heavy atom. The van der Waals surface area contributed by atoms with Crippen LogP contribution < -0.4 is 15.0 Å². The standard InChI is InChI=1S/C17H24N4O3/c1-11-9-20(2)5-6-21(11)10-16-18-13-8-15(24-4)14(23-3)7-12(13)17(22)19-16/h7-8,11H,5-6,9-10H2,1-4H3,(H,18,19,22)/t11-/m0/s1. The molecule has 7 nitrogen and oxygen atoms in total. The molecule has 7 heteroatoms. The molecule has 1 atom stereocenters. The predicted molar refractivity (Wildman–Crippen MR) is 92.8 cm³/mol. The van der Waals surface area contributed by atoms with Gasteiger partial charge < -0.3 is 19.4 Å². The largest absolute Gasteiger partial charge is 0.493 e.